The number of nitrogens with zero attached hydrogens (tertiary/aromatic N) is 2. The monoisotopic (exact) mass is 406 g/mol. The number of ether oxygens (including phenoxy) is 1. The van der Waals surface area contributed by atoms with Gasteiger partial charge in [0.2, 0.25) is 0 Å². The molecule has 2 N–H and O–H groups in total. The van der Waals surface area contributed by atoms with Crippen LogP contribution < -0.4 is 15.6 Å². The molecule has 156 valence electrons. The summed E-state index contributed by atoms with van der Waals surface area (Å²) < 4.78 is 5.76. The van der Waals surface area contributed by atoms with E-state index in [0.717, 1.165) is 37.9 Å². The average molecular weight is 406 g/mol. The lowest BCUT2D eigenvalue weighted by Gasteiger charge is -2.27. The van der Waals surface area contributed by atoms with Crippen molar-refractivity contribution in [1.82, 2.24) is 14.9 Å². The largest absolute Gasteiger partial charge is 0.493 e. The third kappa shape index (κ3) is 4.01. The van der Waals surface area contributed by atoms with Gasteiger partial charge in [0.1, 0.15) is 11.6 Å². The van der Waals surface area contributed by atoms with Gasteiger partial charge in [-0.25, -0.2) is 9.78 Å². The number of aromatic amines is 1. The van der Waals surface area contributed by atoms with Crippen LogP contribution in [0.5, 0.6) is 5.75 Å². The number of hydrogen-bond donors (Lipinski definition) is 2. The van der Waals surface area contributed by atoms with Crippen LogP contribution in [0.15, 0.2) is 41.2 Å². The number of carbonyl (C=O) groups is 1. The maximum absolute atomic E-state index is 12.7. The third-order valence-electron chi connectivity index (χ3n) is 5.37. The summed E-state index contributed by atoms with van der Waals surface area (Å²) in [5.74, 6) is 1.02. The summed E-state index contributed by atoms with van der Waals surface area (Å²) in [6.45, 7) is 5.85. The second-order valence-corrected chi connectivity index (χ2v) is 7.51. The van der Waals surface area contributed by atoms with Gasteiger partial charge < -0.3 is 19.9 Å². The van der Waals surface area contributed by atoms with Gasteiger partial charge in [-0.05, 0) is 62.9 Å². The van der Waals surface area contributed by atoms with Crippen LogP contribution in [-0.4, -0.2) is 40.6 Å². The zero-order valence-electron chi connectivity index (χ0n) is 17.3. The number of aromatic nitrogens is 2. The zero-order chi connectivity index (χ0) is 21.1. The molecule has 4 rings (SSSR count). The summed E-state index contributed by atoms with van der Waals surface area (Å²) in [5.41, 5.74) is 2.64. The van der Waals surface area contributed by atoms with Gasteiger partial charge in [-0.3, -0.25) is 4.79 Å². The highest BCUT2D eigenvalue weighted by Crippen LogP contribution is 2.31. The van der Waals surface area contributed by atoms with E-state index in [0.29, 0.717) is 40.3 Å². The Hall–Kier alpha value is -3.35. The van der Waals surface area contributed by atoms with Crippen molar-refractivity contribution in [2.45, 2.75) is 33.1 Å². The predicted octanol–water partition coefficient (Wildman–Crippen LogP) is 4.32. The standard InChI is InChI=1S/C23H26N4O3/c1-3-30-19-11-10-16(24-23(29)27-12-5-4-6-13-27)14-18(19)21-25-20-15(2)8-7-9-17(20)22(28)26-21/h7-11,14H,3-6,12-13H2,1-2H3,(H,24,29)(H,25,26,28). The number of piperidine rings is 1. The first-order valence-electron chi connectivity index (χ1n) is 10.4. The molecule has 0 unspecified atom stereocenters. The number of amides is 2. The van der Waals surface area contributed by atoms with Crippen LogP contribution in [0, 0.1) is 6.92 Å². The SMILES string of the molecule is CCOc1ccc(NC(=O)N2CCCCC2)cc1-c1nc2c(C)cccc2c(=O)[nH]1. The lowest BCUT2D eigenvalue weighted by atomic mass is 10.1. The number of para-hydroxylation sites is 1. The van der Waals surface area contributed by atoms with Gasteiger partial charge in [0.05, 0.1) is 23.1 Å². The van der Waals surface area contributed by atoms with Crippen molar-refractivity contribution in [2.24, 2.45) is 0 Å². The molecule has 1 aliphatic heterocycles. The molecule has 0 aliphatic carbocycles. The highest BCUT2D eigenvalue weighted by Gasteiger charge is 2.18. The summed E-state index contributed by atoms with van der Waals surface area (Å²) in [6, 6.07) is 10.8. The van der Waals surface area contributed by atoms with E-state index in [9.17, 15) is 9.59 Å². The first-order valence-corrected chi connectivity index (χ1v) is 10.4. The lowest BCUT2D eigenvalue weighted by molar-refractivity contribution is 0.200. The molecule has 2 amide bonds. The minimum Gasteiger partial charge on any atom is -0.493 e. The van der Waals surface area contributed by atoms with Gasteiger partial charge in [-0.15, -0.1) is 0 Å². The molecule has 0 bridgehead atoms. The van der Waals surface area contributed by atoms with Gasteiger partial charge in [0.25, 0.3) is 5.56 Å². The summed E-state index contributed by atoms with van der Waals surface area (Å²) in [6.07, 6.45) is 3.23. The Bertz CT molecular complexity index is 1130. The molecule has 3 aromatic rings. The number of benzene rings is 2. The number of fused-ring (bicyclic) bond motifs is 1. The smallest absolute Gasteiger partial charge is 0.321 e. The molecule has 7 nitrogen and oxygen atoms in total. The second kappa shape index (κ2) is 8.57. The van der Waals surface area contributed by atoms with E-state index in [2.05, 4.69) is 10.3 Å². The number of rotatable bonds is 4. The summed E-state index contributed by atoms with van der Waals surface area (Å²) >= 11 is 0. The lowest BCUT2D eigenvalue weighted by Crippen LogP contribution is -2.38. The normalized spacial score (nSPS) is 14.0. The number of likely N-dealkylation sites (tertiary alicyclic amines) is 1. The maximum atomic E-state index is 12.7. The van der Waals surface area contributed by atoms with Crippen LogP contribution in [0.4, 0.5) is 10.5 Å². The van der Waals surface area contributed by atoms with Crippen molar-refractivity contribution < 1.29 is 9.53 Å². The fourth-order valence-electron chi connectivity index (χ4n) is 3.81. The number of carbonyl (C=O) groups excluding carboxylic acids is 1. The van der Waals surface area contributed by atoms with Crippen molar-refractivity contribution in [3.8, 4) is 17.1 Å². The number of hydrogen-bond acceptors (Lipinski definition) is 4. The second-order valence-electron chi connectivity index (χ2n) is 7.51. The minimum atomic E-state index is -0.205. The molecule has 1 aromatic heterocycles. The molecule has 30 heavy (non-hydrogen) atoms. The van der Waals surface area contributed by atoms with Gasteiger partial charge in [0.15, 0.2) is 0 Å². The molecular formula is C23H26N4O3. The molecule has 1 saturated heterocycles. The minimum absolute atomic E-state index is 0.111. The number of anilines is 1. The van der Waals surface area contributed by atoms with Crippen LogP contribution in [0.25, 0.3) is 22.3 Å². The molecule has 0 atom stereocenters. The summed E-state index contributed by atoms with van der Waals surface area (Å²) in [5, 5.41) is 3.51. The number of H-pyrrole nitrogens is 1. The van der Waals surface area contributed by atoms with Crippen molar-refractivity contribution in [2.75, 3.05) is 25.0 Å². The quantitative estimate of drug-likeness (QED) is 0.676. The first kappa shape index (κ1) is 19.9. The molecule has 1 fully saturated rings. The molecule has 2 heterocycles. The molecule has 0 radical (unpaired) electrons. The average Bonchev–Trinajstić information content (AvgIpc) is 2.76. The predicted molar refractivity (Wildman–Crippen MR) is 118 cm³/mol. The molecule has 7 heteroatoms. The molecule has 1 aliphatic rings. The number of aryl methyl sites for hydroxylation is 1. The Balaban J connectivity index is 1.73. The fraction of sp³-hybridized carbons (Fsp3) is 0.348. The Morgan fingerprint density at radius 1 is 1.20 bits per heavy atom. The van der Waals surface area contributed by atoms with Gasteiger partial charge in [0, 0.05) is 18.8 Å². The van der Waals surface area contributed by atoms with Crippen LogP contribution in [0.2, 0.25) is 0 Å². The van der Waals surface area contributed by atoms with E-state index in [1.54, 1.807) is 24.3 Å². The van der Waals surface area contributed by atoms with Gasteiger partial charge in [-0.2, -0.15) is 0 Å². The maximum Gasteiger partial charge on any atom is 0.321 e. The summed E-state index contributed by atoms with van der Waals surface area (Å²) in [7, 11) is 0. The Morgan fingerprint density at radius 2 is 2.00 bits per heavy atom. The van der Waals surface area contributed by atoms with Crippen molar-refractivity contribution in [3.63, 3.8) is 0 Å². The van der Waals surface area contributed by atoms with Crippen LogP contribution >= 0.6 is 0 Å². The highest BCUT2D eigenvalue weighted by molar-refractivity contribution is 5.91. The van der Waals surface area contributed by atoms with Crippen molar-refractivity contribution in [3.05, 3.63) is 52.3 Å². The highest BCUT2D eigenvalue weighted by atomic mass is 16.5. The molecule has 2 aromatic carbocycles. The molecule has 0 saturated carbocycles. The van der Waals surface area contributed by atoms with Crippen LogP contribution in [0.1, 0.15) is 31.7 Å². The Labute approximate surface area is 175 Å². The zero-order valence-corrected chi connectivity index (χ0v) is 17.3. The molecular weight excluding hydrogens is 380 g/mol. The van der Waals surface area contributed by atoms with Crippen LogP contribution in [0.3, 0.4) is 0 Å². The van der Waals surface area contributed by atoms with E-state index in [4.69, 9.17) is 9.72 Å². The third-order valence-corrected chi connectivity index (χ3v) is 5.37. The van der Waals surface area contributed by atoms with Gasteiger partial charge >= 0.3 is 6.03 Å². The number of urea groups is 1. The van der Waals surface area contributed by atoms with E-state index >= 15 is 0 Å². The van der Waals surface area contributed by atoms with E-state index in [1.165, 1.54) is 0 Å². The first-order chi connectivity index (χ1) is 14.6. The van der Waals surface area contributed by atoms with Crippen molar-refractivity contribution in [1.29, 1.82) is 0 Å². The molecule has 0 spiro atoms. The van der Waals surface area contributed by atoms with Crippen LogP contribution in [-0.2, 0) is 0 Å². The fourth-order valence-corrected chi connectivity index (χ4v) is 3.81. The Kier molecular flexibility index (Phi) is 5.70. The topological polar surface area (TPSA) is 87.3 Å². The summed E-state index contributed by atoms with van der Waals surface area (Å²) in [4.78, 5) is 34.7. The van der Waals surface area contributed by atoms with E-state index in [-0.39, 0.29) is 11.6 Å². The Morgan fingerprint density at radius 3 is 2.77 bits per heavy atom. The van der Waals surface area contributed by atoms with Gasteiger partial charge in [-0.1, -0.05) is 12.1 Å². The van der Waals surface area contributed by atoms with Crippen molar-refractivity contribution >= 4 is 22.6 Å². The van der Waals surface area contributed by atoms with E-state index in [1.807, 2.05) is 30.9 Å². The van der Waals surface area contributed by atoms with E-state index < -0.39 is 0 Å². The number of nitrogens with one attached hydrogen (secondary N) is 2.